The first-order valence-corrected chi connectivity index (χ1v) is 11.3. The summed E-state index contributed by atoms with van der Waals surface area (Å²) in [5, 5.41) is 8.88. The van der Waals surface area contributed by atoms with Crippen LogP contribution < -0.4 is 15.6 Å². The van der Waals surface area contributed by atoms with Crippen LogP contribution in [0.4, 0.5) is 0 Å². The Hall–Kier alpha value is -3.16. The van der Waals surface area contributed by atoms with Crippen molar-refractivity contribution in [3.8, 4) is 5.75 Å². The van der Waals surface area contributed by atoms with Crippen LogP contribution in [0.2, 0.25) is 0 Å². The average molecular weight is 452 g/mol. The Kier molecular flexibility index (Phi) is 9.04. The molecule has 3 rings (SSSR count). The number of hydrogen-bond acceptors (Lipinski definition) is 6. The zero-order valence-electron chi connectivity index (χ0n) is 19.3. The minimum Gasteiger partial charge on any atom is -0.494 e. The largest absolute Gasteiger partial charge is 0.494 e. The Labute approximate surface area is 195 Å². The third-order valence-electron chi connectivity index (χ3n) is 5.14. The Morgan fingerprint density at radius 3 is 2.67 bits per heavy atom. The highest BCUT2D eigenvalue weighted by Gasteiger charge is 2.43. The number of nitrogens with one attached hydrogen (secondary N) is 2. The van der Waals surface area contributed by atoms with Gasteiger partial charge in [-0.15, -0.1) is 0 Å². The molecule has 0 radical (unpaired) electrons. The molecule has 1 amide bonds. The third-order valence-corrected chi connectivity index (χ3v) is 5.14. The highest BCUT2D eigenvalue weighted by Crippen LogP contribution is 2.27. The molecule has 0 bridgehead atoms. The molecule has 1 aliphatic rings. The zero-order valence-corrected chi connectivity index (χ0v) is 19.3. The van der Waals surface area contributed by atoms with Gasteiger partial charge >= 0.3 is 0 Å². The first kappa shape index (κ1) is 24.5. The standard InChI is InChI=1S/C26H33N3O4/c1-20(2)18-27-29-25(31)26(15-6-10-21-8-4-3-5-9-21)19-33-24(28-26)22-11-13-23(14-12-22)32-17-7-16-30/h3-6,8-14,20,27,30H,7,15-19H2,1-2H3,(H,29,31)/b10-6+/t26-/m0/s1. The number of amides is 1. The van der Waals surface area contributed by atoms with Gasteiger partial charge in [-0.1, -0.05) is 56.3 Å². The summed E-state index contributed by atoms with van der Waals surface area (Å²) >= 11 is 0. The number of aliphatic imine (C=N–C) groups is 1. The van der Waals surface area contributed by atoms with Gasteiger partial charge < -0.3 is 14.6 Å². The predicted molar refractivity (Wildman–Crippen MR) is 130 cm³/mol. The molecule has 0 spiro atoms. The van der Waals surface area contributed by atoms with Gasteiger partial charge in [-0.25, -0.2) is 10.4 Å². The average Bonchev–Trinajstić information content (AvgIpc) is 3.26. The Morgan fingerprint density at radius 2 is 1.97 bits per heavy atom. The summed E-state index contributed by atoms with van der Waals surface area (Å²) in [6, 6.07) is 17.3. The van der Waals surface area contributed by atoms with Crippen LogP contribution in [0.25, 0.3) is 6.08 Å². The molecule has 0 aliphatic carbocycles. The van der Waals surface area contributed by atoms with Crippen molar-refractivity contribution in [3.63, 3.8) is 0 Å². The van der Waals surface area contributed by atoms with Crippen LogP contribution in [-0.4, -0.2) is 48.8 Å². The summed E-state index contributed by atoms with van der Waals surface area (Å²) in [6.45, 7) is 5.51. The second kappa shape index (κ2) is 12.2. The molecule has 33 heavy (non-hydrogen) atoms. The van der Waals surface area contributed by atoms with E-state index >= 15 is 0 Å². The summed E-state index contributed by atoms with van der Waals surface area (Å²) < 4.78 is 11.5. The van der Waals surface area contributed by atoms with E-state index in [1.165, 1.54) is 0 Å². The van der Waals surface area contributed by atoms with Crippen LogP contribution in [0, 0.1) is 5.92 Å². The van der Waals surface area contributed by atoms with Crippen molar-refractivity contribution in [2.45, 2.75) is 32.2 Å². The molecule has 0 aromatic heterocycles. The van der Waals surface area contributed by atoms with E-state index in [-0.39, 0.29) is 19.1 Å². The summed E-state index contributed by atoms with van der Waals surface area (Å²) in [5.41, 5.74) is 6.59. The fraction of sp³-hybridized carbons (Fsp3) is 0.385. The number of aliphatic hydroxyl groups is 1. The maximum Gasteiger partial charge on any atom is 0.266 e. The highest BCUT2D eigenvalue weighted by atomic mass is 16.5. The smallest absolute Gasteiger partial charge is 0.266 e. The molecule has 0 saturated heterocycles. The number of hydrogen-bond donors (Lipinski definition) is 3. The van der Waals surface area contributed by atoms with Crippen LogP contribution >= 0.6 is 0 Å². The second-order valence-electron chi connectivity index (χ2n) is 8.43. The van der Waals surface area contributed by atoms with Gasteiger partial charge in [-0.2, -0.15) is 0 Å². The number of rotatable bonds is 12. The maximum atomic E-state index is 13.1. The van der Waals surface area contributed by atoms with E-state index in [1.807, 2.05) is 66.7 Å². The predicted octanol–water partition coefficient (Wildman–Crippen LogP) is 3.34. The molecule has 1 atom stereocenters. The number of hydrazine groups is 1. The molecule has 2 aromatic rings. The van der Waals surface area contributed by atoms with Gasteiger partial charge in [0.2, 0.25) is 5.90 Å². The van der Waals surface area contributed by atoms with Gasteiger partial charge in [0.25, 0.3) is 5.91 Å². The van der Waals surface area contributed by atoms with Crippen LogP contribution in [0.15, 0.2) is 65.7 Å². The topological polar surface area (TPSA) is 92.2 Å². The van der Waals surface area contributed by atoms with Gasteiger partial charge in [0.15, 0.2) is 5.54 Å². The van der Waals surface area contributed by atoms with E-state index in [9.17, 15) is 4.79 Å². The van der Waals surface area contributed by atoms with Crippen molar-refractivity contribution < 1.29 is 19.4 Å². The van der Waals surface area contributed by atoms with E-state index in [4.69, 9.17) is 19.6 Å². The van der Waals surface area contributed by atoms with E-state index in [2.05, 4.69) is 24.7 Å². The lowest BCUT2D eigenvalue weighted by Gasteiger charge is -2.22. The van der Waals surface area contributed by atoms with Gasteiger partial charge in [0.1, 0.15) is 12.4 Å². The van der Waals surface area contributed by atoms with E-state index in [0.717, 1.165) is 11.1 Å². The van der Waals surface area contributed by atoms with Crippen molar-refractivity contribution in [3.05, 3.63) is 71.8 Å². The SMILES string of the molecule is CC(C)CNNC(=O)[C@]1(C/C=C/c2ccccc2)COC(c2ccc(OCCCO)cc2)=N1. The first-order chi connectivity index (χ1) is 16.0. The lowest BCUT2D eigenvalue weighted by molar-refractivity contribution is -0.127. The van der Waals surface area contributed by atoms with E-state index in [1.54, 1.807) is 0 Å². The molecule has 0 fully saturated rings. The lowest BCUT2D eigenvalue weighted by atomic mass is 9.95. The number of ether oxygens (including phenoxy) is 2. The second-order valence-corrected chi connectivity index (χ2v) is 8.43. The summed E-state index contributed by atoms with van der Waals surface area (Å²) in [4.78, 5) is 17.9. The monoisotopic (exact) mass is 451 g/mol. The number of benzene rings is 2. The van der Waals surface area contributed by atoms with Gasteiger partial charge in [0.05, 0.1) is 6.61 Å². The molecule has 7 nitrogen and oxygen atoms in total. The lowest BCUT2D eigenvalue weighted by Crippen LogP contribution is -2.52. The van der Waals surface area contributed by atoms with E-state index in [0.29, 0.717) is 43.6 Å². The zero-order chi connectivity index (χ0) is 23.5. The first-order valence-electron chi connectivity index (χ1n) is 11.3. The highest BCUT2D eigenvalue weighted by molar-refractivity contribution is 6.00. The minimum absolute atomic E-state index is 0.0949. The van der Waals surface area contributed by atoms with Crippen LogP contribution in [0.3, 0.4) is 0 Å². The number of nitrogens with zero attached hydrogens (tertiary/aromatic N) is 1. The quantitative estimate of drug-likeness (QED) is 0.340. The molecule has 7 heteroatoms. The van der Waals surface area contributed by atoms with E-state index < -0.39 is 5.54 Å². The molecule has 3 N–H and O–H groups in total. The molecule has 176 valence electrons. The molecular weight excluding hydrogens is 418 g/mol. The Bertz CT molecular complexity index is 942. The Balaban J connectivity index is 1.75. The number of aliphatic hydroxyl groups excluding tert-OH is 1. The summed E-state index contributed by atoms with van der Waals surface area (Å²) in [6.07, 6.45) is 4.94. The molecule has 2 aromatic carbocycles. The minimum atomic E-state index is -1.05. The molecule has 1 heterocycles. The number of carbonyl (C=O) groups excluding carboxylic acids is 1. The number of carbonyl (C=O) groups is 1. The summed E-state index contributed by atoms with van der Waals surface area (Å²) in [5.74, 6) is 1.32. The van der Waals surface area contributed by atoms with Crippen LogP contribution in [0.5, 0.6) is 5.75 Å². The molecule has 0 unspecified atom stereocenters. The Morgan fingerprint density at radius 1 is 1.21 bits per heavy atom. The fourth-order valence-corrected chi connectivity index (χ4v) is 3.26. The van der Waals surface area contributed by atoms with Crippen molar-refractivity contribution in [2.24, 2.45) is 10.9 Å². The van der Waals surface area contributed by atoms with Gasteiger partial charge in [0, 0.05) is 31.6 Å². The third kappa shape index (κ3) is 7.17. The van der Waals surface area contributed by atoms with Gasteiger partial charge in [-0.05, 0) is 35.7 Å². The summed E-state index contributed by atoms with van der Waals surface area (Å²) in [7, 11) is 0. The molecule has 0 saturated carbocycles. The molecular formula is C26H33N3O4. The van der Waals surface area contributed by atoms with Crippen LogP contribution in [0.1, 0.15) is 37.8 Å². The maximum absolute atomic E-state index is 13.1. The van der Waals surface area contributed by atoms with Crippen molar-refractivity contribution in [1.82, 2.24) is 10.9 Å². The van der Waals surface area contributed by atoms with Gasteiger partial charge in [-0.3, -0.25) is 10.2 Å². The van der Waals surface area contributed by atoms with Crippen LogP contribution in [-0.2, 0) is 9.53 Å². The fourth-order valence-electron chi connectivity index (χ4n) is 3.26. The molecule has 1 aliphatic heterocycles. The normalized spacial score (nSPS) is 17.8. The van der Waals surface area contributed by atoms with Crippen molar-refractivity contribution in [2.75, 3.05) is 26.4 Å². The van der Waals surface area contributed by atoms with Crippen molar-refractivity contribution in [1.29, 1.82) is 0 Å². The van der Waals surface area contributed by atoms with Crippen molar-refractivity contribution >= 4 is 17.9 Å².